The number of rotatable bonds is 7. The zero-order chi connectivity index (χ0) is 24.1. The SMILES string of the molecule is COc1ccc(-c2cccc([C@H](CC(=O)O)NC(=O)Nc3c(O)c(C)cn(C)c3=O)c2)cn1. The van der Waals surface area contributed by atoms with Crippen LogP contribution in [0.5, 0.6) is 11.6 Å². The molecular weight excluding hydrogens is 428 g/mol. The van der Waals surface area contributed by atoms with Crippen LogP contribution in [-0.2, 0) is 11.8 Å². The van der Waals surface area contributed by atoms with E-state index in [2.05, 4.69) is 15.6 Å². The maximum Gasteiger partial charge on any atom is 0.319 e. The van der Waals surface area contributed by atoms with Crippen molar-refractivity contribution in [1.82, 2.24) is 14.9 Å². The number of benzene rings is 1. The molecule has 1 aromatic carbocycles. The second-order valence-electron chi connectivity index (χ2n) is 7.42. The van der Waals surface area contributed by atoms with Crippen LogP contribution in [-0.4, -0.2) is 38.9 Å². The molecule has 3 aromatic rings. The lowest BCUT2D eigenvalue weighted by molar-refractivity contribution is -0.137. The number of hydrogen-bond donors (Lipinski definition) is 4. The number of aliphatic carboxylic acids is 1. The van der Waals surface area contributed by atoms with Gasteiger partial charge in [0.25, 0.3) is 5.56 Å². The molecule has 4 N–H and O–H groups in total. The molecule has 0 saturated heterocycles. The molecule has 172 valence electrons. The molecular formula is C23H24N4O6. The smallest absolute Gasteiger partial charge is 0.319 e. The average Bonchev–Trinajstić information content (AvgIpc) is 2.80. The Labute approximate surface area is 189 Å². The number of amides is 2. The quantitative estimate of drug-likeness (QED) is 0.432. The summed E-state index contributed by atoms with van der Waals surface area (Å²) in [6, 6.07) is 8.81. The lowest BCUT2D eigenvalue weighted by atomic mass is 9.98. The first-order valence-corrected chi connectivity index (χ1v) is 9.98. The van der Waals surface area contributed by atoms with Crippen molar-refractivity contribution in [3.05, 3.63) is 70.3 Å². The van der Waals surface area contributed by atoms with Gasteiger partial charge in [0.15, 0.2) is 5.69 Å². The number of carboxylic acids is 1. The topological polar surface area (TPSA) is 143 Å². The van der Waals surface area contributed by atoms with Crippen LogP contribution in [0.25, 0.3) is 11.1 Å². The number of ether oxygens (including phenoxy) is 1. The maximum atomic E-state index is 12.6. The van der Waals surface area contributed by atoms with Crippen molar-refractivity contribution in [2.75, 3.05) is 12.4 Å². The summed E-state index contributed by atoms with van der Waals surface area (Å²) in [4.78, 5) is 40.6. The van der Waals surface area contributed by atoms with Crippen LogP contribution in [0.1, 0.15) is 23.6 Å². The molecule has 0 saturated carbocycles. The molecule has 0 unspecified atom stereocenters. The molecule has 10 heteroatoms. The van der Waals surface area contributed by atoms with E-state index in [9.17, 15) is 24.6 Å². The molecule has 0 spiro atoms. The van der Waals surface area contributed by atoms with Crippen molar-refractivity contribution < 1.29 is 24.5 Å². The van der Waals surface area contributed by atoms with E-state index in [-0.39, 0.29) is 11.4 Å². The number of nitrogens with one attached hydrogen (secondary N) is 2. The van der Waals surface area contributed by atoms with Crippen molar-refractivity contribution in [2.24, 2.45) is 7.05 Å². The summed E-state index contributed by atoms with van der Waals surface area (Å²) >= 11 is 0. The number of nitrogens with zero attached hydrogens (tertiary/aromatic N) is 2. The molecule has 3 rings (SSSR count). The molecule has 0 fully saturated rings. The zero-order valence-corrected chi connectivity index (χ0v) is 18.3. The van der Waals surface area contributed by atoms with Gasteiger partial charge in [-0.25, -0.2) is 9.78 Å². The lowest BCUT2D eigenvalue weighted by Gasteiger charge is -2.19. The van der Waals surface area contributed by atoms with E-state index in [4.69, 9.17) is 4.74 Å². The van der Waals surface area contributed by atoms with E-state index in [0.717, 1.165) is 11.1 Å². The van der Waals surface area contributed by atoms with Gasteiger partial charge in [0.1, 0.15) is 5.75 Å². The molecule has 2 heterocycles. The normalized spacial score (nSPS) is 11.5. The molecule has 0 aliphatic rings. The molecule has 0 radical (unpaired) electrons. The van der Waals surface area contributed by atoms with Crippen LogP contribution in [0.4, 0.5) is 10.5 Å². The molecule has 2 amide bonds. The van der Waals surface area contributed by atoms with Crippen LogP contribution in [0.3, 0.4) is 0 Å². The van der Waals surface area contributed by atoms with Crippen molar-refractivity contribution in [3.8, 4) is 22.8 Å². The highest BCUT2D eigenvalue weighted by Crippen LogP contribution is 2.26. The zero-order valence-electron chi connectivity index (χ0n) is 18.3. The van der Waals surface area contributed by atoms with Gasteiger partial charge in [-0.3, -0.25) is 9.59 Å². The molecule has 33 heavy (non-hydrogen) atoms. The van der Waals surface area contributed by atoms with Gasteiger partial charge in [-0.05, 0) is 30.2 Å². The molecule has 2 aromatic heterocycles. The predicted molar refractivity (Wildman–Crippen MR) is 121 cm³/mol. The van der Waals surface area contributed by atoms with Crippen LogP contribution in [0.15, 0.2) is 53.6 Å². The van der Waals surface area contributed by atoms with E-state index in [1.54, 1.807) is 37.4 Å². The van der Waals surface area contributed by atoms with E-state index >= 15 is 0 Å². The highest BCUT2D eigenvalue weighted by Gasteiger charge is 2.21. The average molecular weight is 452 g/mol. The number of carbonyl (C=O) groups excluding carboxylic acids is 1. The molecule has 10 nitrogen and oxygen atoms in total. The van der Waals surface area contributed by atoms with Gasteiger partial charge in [0, 0.05) is 36.6 Å². The Morgan fingerprint density at radius 1 is 1.21 bits per heavy atom. The molecule has 0 aliphatic carbocycles. The minimum atomic E-state index is -1.12. The van der Waals surface area contributed by atoms with E-state index in [1.807, 2.05) is 12.1 Å². The second-order valence-corrected chi connectivity index (χ2v) is 7.42. The Morgan fingerprint density at radius 3 is 2.61 bits per heavy atom. The Morgan fingerprint density at radius 2 is 1.97 bits per heavy atom. The van der Waals surface area contributed by atoms with Crippen LogP contribution < -0.4 is 20.9 Å². The summed E-state index contributed by atoms with van der Waals surface area (Å²) in [7, 11) is 3.01. The number of aromatic nitrogens is 2. The fourth-order valence-corrected chi connectivity index (χ4v) is 3.34. The lowest BCUT2D eigenvalue weighted by Crippen LogP contribution is -2.36. The first kappa shape index (κ1) is 23.3. The van der Waals surface area contributed by atoms with Gasteiger partial charge in [-0.1, -0.05) is 18.2 Å². The Hall–Kier alpha value is -4.34. The van der Waals surface area contributed by atoms with Gasteiger partial charge in [-0.2, -0.15) is 0 Å². The van der Waals surface area contributed by atoms with Gasteiger partial charge >= 0.3 is 12.0 Å². The fourth-order valence-electron chi connectivity index (χ4n) is 3.34. The Kier molecular flexibility index (Phi) is 6.97. The number of aromatic hydroxyl groups is 1. The Balaban J connectivity index is 1.87. The van der Waals surface area contributed by atoms with E-state index in [1.165, 1.54) is 24.9 Å². The number of hydrogen-bond acceptors (Lipinski definition) is 6. The monoisotopic (exact) mass is 452 g/mol. The number of carbonyl (C=O) groups is 2. The highest BCUT2D eigenvalue weighted by molar-refractivity contribution is 5.91. The first-order valence-electron chi connectivity index (χ1n) is 9.98. The largest absolute Gasteiger partial charge is 0.505 e. The standard InChI is InChI=1S/C23H24N4O6/c1-13-12-27(2)22(31)20(21(13)30)26-23(32)25-17(10-19(28)29)15-6-4-5-14(9-15)16-7-8-18(33-3)24-11-16/h4-9,11-12,17,30H,10H2,1-3H3,(H,28,29)(H2,25,26,32)/t17-/m0/s1. The number of urea groups is 1. The van der Waals surface area contributed by atoms with Gasteiger partial charge < -0.3 is 30.2 Å². The summed E-state index contributed by atoms with van der Waals surface area (Å²) in [5.41, 5.74) is 1.60. The number of methoxy groups -OCH3 is 1. The molecule has 1 atom stereocenters. The predicted octanol–water partition coefficient (Wildman–Crippen LogP) is 2.81. The number of anilines is 1. The van der Waals surface area contributed by atoms with E-state index in [0.29, 0.717) is 17.0 Å². The summed E-state index contributed by atoms with van der Waals surface area (Å²) in [6.45, 7) is 1.59. The minimum Gasteiger partial charge on any atom is -0.505 e. The molecule has 0 aliphatic heterocycles. The van der Waals surface area contributed by atoms with Crippen LogP contribution in [0.2, 0.25) is 0 Å². The minimum absolute atomic E-state index is 0.290. The second kappa shape index (κ2) is 9.86. The van der Waals surface area contributed by atoms with Gasteiger partial charge in [0.05, 0.1) is 19.6 Å². The third-order valence-electron chi connectivity index (χ3n) is 5.02. The number of aryl methyl sites for hydroxylation is 2. The summed E-state index contributed by atoms with van der Waals surface area (Å²) < 4.78 is 6.29. The van der Waals surface area contributed by atoms with Crippen LogP contribution in [0, 0.1) is 6.92 Å². The fraction of sp³-hybridized carbons (Fsp3) is 0.217. The van der Waals surface area contributed by atoms with Gasteiger partial charge in [0.2, 0.25) is 5.88 Å². The van der Waals surface area contributed by atoms with Gasteiger partial charge in [-0.15, -0.1) is 0 Å². The number of carboxylic acid groups (broad SMARTS) is 1. The third kappa shape index (κ3) is 5.48. The van der Waals surface area contributed by atoms with Crippen molar-refractivity contribution in [3.63, 3.8) is 0 Å². The van der Waals surface area contributed by atoms with Crippen molar-refractivity contribution in [2.45, 2.75) is 19.4 Å². The summed E-state index contributed by atoms with van der Waals surface area (Å²) in [6.07, 6.45) is 2.67. The van der Waals surface area contributed by atoms with E-state index < -0.39 is 30.0 Å². The first-order chi connectivity index (χ1) is 15.7. The highest BCUT2D eigenvalue weighted by atomic mass is 16.5. The van der Waals surface area contributed by atoms with Crippen molar-refractivity contribution in [1.29, 1.82) is 0 Å². The number of pyridine rings is 2. The van der Waals surface area contributed by atoms with Crippen LogP contribution >= 0.6 is 0 Å². The van der Waals surface area contributed by atoms with Crippen molar-refractivity contribution >= 4 is 17.7 Å². The maximum absolute atomic E-state index is 12.6. The summed E-state index contributed by atoms with van der Waals surface area (Å²) in [5, 5.41) is 24.5. The third-order valence-corrected chi connectivity index (χ3v) is 5.02. The summed E-state index contributed by atoms with van der Waals surface area (Å²) in [5.74, 6) is -1.01. The Bertz CT molecular complexity index is 1240. The molecule has 0 bridgehead atoms.